The summed E-state index contributed by atoms with van der Waals surface area (Å²) in [7, 11) is 2.02. The average Bonchev–Trinajstić information content (AvgIpc) is 2.18. The van der Waals surface area contributed by atoms with Crippen LogP contribution in [0.3, 0.4) is 0 Å². The van der Waals surface area contributed by atoms with Crippen LogP contribution in [0, 0.1) is 17.1 Å². The zero-order valence-electron chi connectivity index (χ0n) is 9.41. The molecule has 2 nitrogen and oxygen atoms in total. The second-order valence-corrected chi connectivity index (χ2v) is 4.42. The standard InChI is InChI=1S/C13H15FN2/c1-16(12-3-2-4-12)9-11-7-10(8-15)5-6-13(11)14/h5-7,12H,2-4,9H2,1H3. The zero-order chi connectivity index (χ0) is 11.5. The lowest BCUT2D eigenvalue weighted by Crippen LogP contribution is -2.36. The molecule has 84 valence electrons. The van der Waals surface area contributed by atoms with Gasteiger partial charge in [-0.1, -0.05) is 6.42 Å². The molecule has 0 spiro atoms. The molecule has 0 bridgehead atoms. The Morgan fingerprint density at radius 1 is 1.50 bits per heavy atom. The molecule has 2 rings (SSSR count). The van der Waals surface area contributed by atoms with Crippen molar-refractivity contribution in [1.29, 1.82) is 5.26 Å². The van der Waals surface area contributed by atoms with Crippen LogP contribution >= 0.6 is 0 Å². The quantitative estimate of drug-likeness (QED) is 0.780. The maximum Gasteiger partial charge on any atom is 0.127 e. The van der Waals surface area contributed by atoms with Crippen LogP contribution in [0.2, 0.25) is 0 Å². The van der Waals surface area contributed by atoms with Crippen LogP contribution < -0.4 is 0 Å². The molecule has 0 radical (unpaired) electrons. The highest BCUT2D eigenvalue weighted by atomic mass is 19.1. The van der Waals surface area contributed by atoms with E-state index in [9.17, 15) is 4.39 Å². The zero-order valence-corrected chi connectivity index (χ0v) is 9.41. The molecular formula is C13H15FN2. The predicted molar refractivity (Wildman–Crippen MR) is 60.2 cm³/mol. The van der Waals surface area contributed by atoms with Crippen molar-refractivity contribution in [2.75, 3.05) is 7.05 Å². The number of benzene rings is 1. The molecule has 1 aliphatic rings. The SMILES string of the molecule is CN(Cc1cc(C#N)ccc1F)C1CCC1. The first-order valence-electron chi connectivity index (χ1n) is 5.59. The fraction of sp³-hybridized carbons (Fsp3) is 0.462. The molecule has 1 aromatic rings. The van der Waals surface area contributed by atoms with Gasteiger partial charge in [0.05, 0.1) is 11.6 Å². The molecule has 0 aromatic heterocycles. The highest BCUT2D eigenvalue weighted by Crippen LogP contribution is 2.25. The van der Waals surface area contributed by atoms with E-state index in [1.54, 1.807) is 6.07 Å². The molecule has 0 unspecified atom stereocenters. The van der Waals surface area contributed by atoms with Crippen molar-refractivity contribution < 1.29 is 4.39 Å². The molecule has 1 aliphatic carbocycles. The van der Waals surface area contributed by atoms with Gasteiger partial charge in [-0.15, -0.1) is 0 Å². The lowest BCUT2D eigenvalue weighted by Gasteiger charge is -2.34. The Labute approximate surface area is 95.3 Å². The van der Waals surface area contributed by atoms with Crippen molar-refractivity contribution in [3.05, 3.63) is 35.1 Å². The smallest absolute Gasteiger partial charge is 0.127 e. The van der Waals surface area contributed by atoms with Gasteiger partial charge in [-0.2, -0.15) is 5.26 Å². The van der Waals surface area contributed by atoms with Crippen molar-refractivity contribution >= 4 is 0 Å². The normalized spacial score (nSPS) is 15.9. The van der Waals surface area contributed by atoms with Gasteiger partial charge in [0, 0.05) is 18.2 Å². The van der Waals surface area contributed by atoms with E-state index >= 15 is 0 Å². The summed E-state index contributed by atoms with van der Waals surface area (Å²) < 4.78 is 13.5. The Morgan fingerprint density at radius 3 is 2.81 bits per heavy atom. The molecule has 1 aromatic carbocycles. The third-order valence-electron chi connectivity index (χ3n) is 3.29. The Bertz CT molecular complexity index is 418. The molecule has 3 heteroatoms. The van der Waals surface area contributed by atoms with E-state index in [0.29, 0.717) is 23.7 Å². The largest absolute Gasteiger partial charge is 0.299 e. The minimum Gasteiger partial charge on any atom is -0.299 e. The Balaban J connectivity index is 2.10. The van der Waals surface area contributed by atoms with Crippen LogP contribution in [0.4, 0.5) is 4.39 Å². The van der Waals surface area contributed by atoms with Crippen molar-refractivity contribution in [2.24, 2.45) is 0 Å². The van der Waals surface area contributed by atoms with Crippen molar-refractivity contribution in [3.63, 3.8) is 0 Å². The monoisotopic (exact) mass is 218 g/mol. The van der Waals surface area contributed by atoms with Crippen LogP contribution in [-0.2, 0) is 6.54 Å². The summed E-state index contributed by atoms with van der Waals surface area (Å²) >= 11 is 0. The van der Waals surface area contributed by atoms with Crippen molar-refractivity contribution in [1.82, 2.24) is 4.90 Å². The van der Waals surface area contributed by atoms with Crippen LogP contribution in [0.15, 0.2) is 18.2 Å². The number of nitriles is 1. The van der Waals surface area contributed by atoms with Gasteiger partial charge >= 0.3 is 0 Å². The first-order chi connectivity index (χ1) is 7.70. The summed E-state index contributed by atoms with van der Waals surface area (Å²) in [5.41, 5.74) is 1.15. The minimum absolute atomic E-state index is 0.217. The number of hydrogen-bond acceptors (Lipinski definition) is 2. The van der Waals surface area contributed by atoms with Gasteiger partial charge in [-0.25, -0.2) is 4.39 Å². The summed E-state index contributed by atoms with van der Waals surface area (Å²) in [6.45, 7) is 0.589. The van der Waals surface area contributed by atoms with Crippen molar-refractivity contribution in [3.8, 4) is 6.07 Å². The Hall–Kier alpha value is -1.40. The highest BCUT2D eigenvalue weighted by molar-refractivity contribution is 5.33. The molecule has 0 N–H and O–H groups in total. The van der Waals surface area contributed by atoms with E-state index in [4.69, 9.17) is 5.26 Å². The summed E-state index contributed by atoms with van der Waals surface area (Å²) in [6, 6.07) is 7.16. The molecule has 1 saturated carbocycles. The average molecular weight is 218 g/mol. The summed E-state index contributed by atoms with van der Waals surface area (Å²) in [5.74, 6) is -0.217. The van der Waals surface area contributed by atoms with Crippen molar-refractivity contribution in [2.45, 2.75) is 31.8 Å². The fourth-order valence-corrected chi connectivity index (χ4v) is 1.99. The maximum atomic E-state index is 13.5. The van der Waals surface area contributed by atoms with Crippen LogP contribution in [0.1, 0.15) is 30.4 Å². The van der Waals surface area contributed by atoms with Gasteiger partial charge in [-0.05, 0) is 38.1 Å². The Kier molecular flexibility index (Phi) is 3.21. The topological polar surface area (TPSA) is 27.0 Å². The number of halogens is 1. The fourth-order valence-electron chi connectivity index (χ4n) is 1.99. The second-order valence-electron chi connectivity index (χ2n) is 4.42. The van der Waals surface area contributed by atoms with Gasteiger partial charge in [0.25, 0.3) is 0 Å². The van der Waals surface area contributed by atoms with E-state index < -0.39 is 0 Å². The number of hydrogen-bond donors (Lipinski definition) is 0. The maximum absolute atomic E-state index is 13.5. The van der Waals surface area contributed by atoms with Crippen LogP contribution in [-0.4, -0.2) is 18.0 Å². The third-order valence-corrected chi connectivity index (χ3v) is 3.29. The molecule has 0 saturated heterocycles. The van der Waals surface area contributed by atoms with E-state index in [1.807, 2.05) is 13.1 Å². The lowest BCUT2D eigenvalue weighted by atomic mass is 9.91. The Morgan fingerprint density at radius 2 is 2.25 bits per heavy atom. The molecule has 16 heavy (non-hydrogen) atoms. The van der Waals surface area contributed by atoms with E-state index in [0.717, 1.165) is 0 Å². The summed E-state index contributed by atoms with van der Waals surface area (Å²) in [5, 5.41) is 8.77. The number of rotatable bonds is 3. The van der Waals surface area contributed by atoms with Gasteiger partial charge in [-0.3, -0.25) is 4.90 Å². The van der Waals surface area contributed by atoms with Gasteiger partial charge < -0.3 is 0 Å². The molecule has 1 fully saturated rings. The van der Waals surface area contributed by atoms with Crippen LogP contribution in [0.5, 0.6) is 0 Å². The lowest BCUT2D eigenvalue weighted by molar-refractivity contribution is 0.151. The molecule has 0 aliphatic heterocycles. The minimum atomic E-state index is -0.217. The molecule has 0 atom stereocenters. The molecule has 0 heterocycles. The first kappa shape index (κ1) is 11.1. The molecular weight excluding hydrogens is 203 g/mol. The number of nitrogens with zero attached hydrogens (tertiary/aromatic N) is 2. The third kappa shape index (κ3) is 2.23. The van der Waals surface area contributed by atoms with E-state index in [-0.39, 0.29) is 5.82 Å². The van der Waals surface area contributed by atoms with E-state index in [2.05, 4.69) is 4.90 Å². The summed E-state index contributed by atoms with van der Waals surface area (Å²) in [4.78, 5) is 2.17. The van der Waals surface area contributed by atoms with Crippen LogP contribution in [0.25, 0.3) is 0 Å². The van der Waals surface area contributed by atoms with E-state index in [1.165, 1.54) is 31.4 Å². The second kappa shape index (κ2) is 4.63. The first-order valence-corrected chi connectivity index (χ1v) is 5.59. The summed E-state index contributed by atoms with van der Waals surface area (Å²) in [6.07, 6.45) is 3.68. The van der Waals surface area contributed by atoms with Gasteiger partial charge in [0.15, 0.2) is 0 Å². The predicted octanol–water partition coefficient (Wildman–Crippen LogP) is 2.68. The highest BCUT2D eigenvalue weighted by Gasteiger charge is 2.22. The van der Waals surface area contributed by atoms with Gasteiger partial charge in [0.1, 0.15) is 5.82 Å². The molecule has 0 amide bonds. The van der Waals surface area contributed by atoms with Gasteiger partial charge in [0.2, 0.25) is 0 Å².